The molecule has 1 aliphatic rings. The number of methoxy groups -OCH3 is 1. The second-order valence-corrected chi connectivity index (χ2v) is 7.10. The Morgan fingerprint density at radius 1 is 1.10 bits per heavy atom. The molecule has 2 heterocycles. The van der Waals surface area contributed by atoms with Crippen LogP contribution in [0.1, 0.15) is 18.9 Å². The summed E-state index contributed by atoms with van der Waals surface area (Å²) in [4.78, 5) is 33.4. The molecule has 0 radical (unpaired) electrons. The Morgan fingerprint density at radius 2 is 1.83 bits per heavy atom. The van der Waals surface area contributed by atoms with Crippen molar-refractivity contribution in [3.05, 3.63) is 54.2 Å². The predicted octanol–water partition coefficient (Wildman–Crippen LogP) is 1.88. The van der Waals surface area contributed by atoms with Gasteiger partial charge in [0.15, 0.2) is 0 Å². The van der Waals surface area contributed by atoms with E-state index in [0.717, 1.165) is 30.2 Å². The van der Waals surface area contributed by atoms with E-state index in [0.29, 0.717) is 25.9 Å². The van der Waals surface area contributed by atoms with E-state index in [1.54, 1.807) is 20.2 Å². The fraction of sp³-hybridized carbons (Fsp3) is 0.409. The van der Waals surface area contributed by atoms with Crippen molar-refractivity contribution >= 4 is 17.6 Å². The third-order valence-electron chi connectivity index (χ3n) is 5.13. The highest BCUT2D eigenvalue weighted by Crippen LogP contribution is 2.19. The maximum absolute atomic E-state index is 12.7. The average molecular weight is 396 g/mol. The number of benzene rings is 1. The molecule has 0 spiro atoms. The minimum absolute atomic E-state index is 0.0451. The molecule has 1 N–H and O–H groups in total. The molecule has 0 bridgehead atoms. The summed E-state index contributed by atoms with van der Waals surface area (Å²) in [5.74, 6) is 1.52. The van der Waals surface area contributed by atoms with Crippen LogP contribution in [-0.2, 0) is 16.0 Å². The average Bonchev–Trinajstić information content (AvgIpc) is 2.78. The van der Waals surface area contributed by atoms with Crippen LogP contribution in [-0.4, -0.2) is 61.0 Å². The summed E-state index contributed by atoms with van der Waals surface area (Å²) in [6.45, 7) is 4.45. The van der Waals surface area contributed by atoms with Gasteiger partial charge in [0.05, 0.1) is 7.11 Å². The van der Waals surface area contributed by atoms with Gasteiger partial charge in [0.25, 0.3) is 0 Å². The van der Waals surface area contributed by atoms with Crippen LogP contribution in [0.25, 0.3) is 0 Å². The lowest BCUT2D eigenvalue weighted by atomic mass is 10.1. The molecule has 1 fully saturated rings. The van der Waals surface area contributed by atoms with E-state index in [9.17, 15) is 9.59 Å². The molecule has 0 unspecified atom stereocenters. The highest BCUT2D eigenvalue weighted by molar-refractivity contribution is 5.87. The van der Waals surface area contributed by atoms with E-state index in [1.807, 2.05) is 47.4 Å². The minimum Gasteiger partial charge on any atom is -0.496 e. The molecular formula is C22H28N4O3. The maximum atomic E-state index is 12.7. The number of nitrogens with zero attached hydrogens (tertiary/aromatic N) is 3. The number of piperazine rings is 1. The lowest BCUT2D eigenvalue weighted by molar-refractivity contribution is -0.136. The van der Waals surface area contributed by atoms with Gasteiger partial charge in [-0.25, -0.2) is 4.98 Å². The van der Waals surface area contributed by atoms with E-state index in [2.05, 4.69) is 15.2 Å². The van der Waals surface area contributed by atoms with Gasteiger partial charge in [-0.15, -0.1) is 0 Å². The van der Waals surface area contributed by atoms with Crippen LogP contribution < -0.4 is 15.0 Å². The number of aromatic nitrogens is 1. The van der Waals surface area contributed by atoms with Gasteiger partial charge < -0.3 is 19.9 Å². The molecule has 1 aromatic carbocycles. The van der Waals surface area contributed by atoms with Crippen LogP contribution in [0, 0.1) is 0 Å². The Hall–Kier alpha value is -3.09. The first-order valence-electron chi connectivity index (χ1n) is 9.94. The number of pyridine rings is 1. The van der Waals surface area contributed by atoms with E-state index < -0.39 is 6.04 Å². The van der Waals surface area contributed by atoms with Crippen LogP contribution in [0.15, 0.2) is 48.7 Å². The van der Waals surface area contributed by atoms with Crippen molar-refractivity contribution in [3.63, 3.8) is 0 Å². The molecule has 1 aliphatic heterocycles. The molecule has 154 valence electrons. The number of carbonyl (C=O) groups excluding carboxylic acids is 2. The number of rotatable bonds is 7. The number of nitrogens with one attached hydrogen (secondary N) is 1. The van der Waals surface area contributed by atoms with Gasteiger partial charge >= 0.3 is 0 Å². The van der Waals surface area contributed by atoms with Crippen LogP contribution in [0.2, 0.25) is 0 Å². The predicted molar refractivity (Wildman–Crippen MR) is 112 cm³/mol. The van der Waals surface area contributed by atoms with Gasteiger partial charge in [-0.1, -0.05) is 24.3 Å². The highest BCUT2D eigenvalue weighted by Gasteiger charge is 2.26. The molecule has 7 nitrogen and oxygen atoms in total. The molecule has 0 aliphatic carbocycles. The van der Waals surface area contributed by atoms with Crippen LogP contribution in [0.3, 0.4) is 0 Å². The van der Waals surface area contributed by atoms with Crippen molar-refractivity contribution < 1.29 is 14.3 Å². The summed E-state index contributed by atoms with van der Waals surface area (Å²) in [5, 5.41) is 2.83. The van der Waals surface area contributed by atoms with Crippen molar-refractivity contribution in [3.8, 4) is 5.75 Å². The SMILES string of the molecule is COc1ccccc1CCC(=O)N[C@H](C)C(=O)N1CCN(c2ccccn2)CC1. The van der Waals surface area contributed by atoms with Gasteiger partial charge in [0.1, 0.15) is 17.6 Å². The first-order chi connectivity index (χ1) is 14.1. The quantitative estimate of drug-likeness (QED) is 0.774. The number of anilines is 1. The third-order valence-corrected chi connectivity index (χ3v) is 5.13. The Morgan fingerprint density at radius 3 is 2.52 bits per heavy atom. The minimum atomic E-state index is -0.540. The van der Waals surface area contributed by atoms with Crippen molar-refractivity contribution in [2.75, 3.05) is 38.2 Å². The molecule has 3 rings (SSSR count). The van der Waals surface area contributed by atoms with E-state index >= 15 is 0 Å². The smallest absolute Gasteiger partial charge is 0.244 e. The number of ether oxygens (including phenoxy) is 1. The van der Waals surface area contributed by atoms with E-state index in [4.69, 9.17) is 4.74 Å². The van der Waals surface area contributed by atoms with Gasteiger partial charge in [0.2, 0.25) is 11.8 Å². The number of hydrogen-bond donors (Lipinski definition) is 1. The van der Waals surface area contributed by atoms with E-state index in [-0.39, 0.29) is 11.8 Å². The Labute approximate surface area is 171 Å². The molecular weight excluding hydrogens is 368 g/mol. The first kappa shape index (κ1) is 20.6. The fourth-order valence-electron chi connectivity index (χ4n) is 3.50. The van der Waals surface area contributed by atoms with Crippen molar-refractivity contribution in [1.82, 2.24) is 15.2 Å². The van der Waals surface area contributed by atoms with Crippen molar-refractivity contribution in [1.29, 1.82) is 0 Å². The van der Waals surface area contributed by atoms with Gasteiger partial charge in [-0.2, -0.15) is 0 Å². The molecule has 2 aromatic rings. The molecule has 2 amide bonds. The lowest BCUT2D eigenvalue weighted by Gasteiger charge is -2.36. The second kappa shape index (κ2) is 9.91. The zero-order chi connectivity index (χ0) is 20.6. The number of carbonyl (C=O) groups is 2. The topological polar surface area (TPSA) is 74.8 Å². The van der Waals surface area contributed by atoms with Crippen molar-refractivity contribution in [2.24, 2.45) is 0 Å². The molecule has 29 heavy (non-hydrogen) atoms. The molecule has 0 saturated carbocycles. The van der Waals surface area contributed by atoms with Crippen LogP contribution in [0.5, 0.6) is 5.75 Å². The largest absolute Gasteiger partial charge is 0.496 e. The molecule has 1 aromatic heterocycles. The Bertz CT molecular complexity index is 820. The summed E-state index contributed by atoms with van der Waals surface area (Å²) < 4.78 is 5.32. The number of amides is 2. The Kier molecular flexibility index (Phi) is 7.05. The molecule has 1 saturated heterocycles. The first-order valence-corrected chi connectivity index (χ1v) is 9.94. The van der Waals surface area contributed by atoms with Gasteiger partial charge in [-0.3, -0.25) is 9.59 Å². The van der Waals surface area contributed by atoms with E-state index in [1.165, 1.54) is 0 Å². The van der Waals surface area contributed by atoms with Crippen molar-refractivity contribution in [2.45, 2.75) is 25.8 Å². The highest BCUT2D eigenvalue weighted by atomic mass is 16.5. The summed E-state index contributed by atoms with van der Waals surface area (Å²) in [6, 6.07) is 12.9. The van der Waals surface area contributed by atoms with Gasteiger partial charge in [0, 0.05) is 38.8 Å². The zero-order valence-corrected chi connectivity index (χ0v) is 17.0. The van der Waals surface area contributed by atoms with Gasteiger partial charge in [-0.05, 0) is 37.1 Å². The summed E-state index contributed by atoms with van der Waals surface area (Å²) in [5.41, 5.74) is 0.981. The number of para-hydroxylation sites is 1. The van der Waals surface area contributed by atoms with Crippen LogP contribution in [0.4, 0.5) is 5.82 Å². The monoisotopic (exact) mass is 396 g/mol. The lowest BCUT2D eigenvalue weighted by Crippen LogP contribution is -2.54. The standard InChI is InChI=1S/C22H28N4O3/c1-17(24-21(27)11-10-18-7-3-4-8-19(18)29-2)22(28)26-15-13-25(14-16-26)20-9-5-6-12-23-20/h3-9,12,17H,10-11,13-16H2,1-2H3,(H,24,27)/t17-/m1/s1. The summed E-state index contributed by atoms with van der Waals surface area (Å²) >= 11 is 0. The molecule has 1 atom stereocenters. The Balaban J connectivity index is 1.45. The number of hydrogen-bond acceptors (Lipinski definition) is 5. The summed E-state index contributed by atoms with van der Waals surface area (Å²) in [7, 11) is 1.62. The maximum Gasteiger partial charge on any atom is 0.244 e. The summed E-state index contributed by atoms with van der Waals surface area (Å²) in [6.07, 6.45) is 2.65. The fourth-order valence-corrected chi connectivity index (χ4v) is 3.50. The third kappa shape index (κ3) is 5.47. The van der Waals surface area contributed by atoms with Crippen LogP contribution >= 0.6 is 0 Å². The second-order valence-electron chi connectivity index (χ2n) is 7.10. The normalized spacial score (nSPS) is 15.0. The zero-order valence-electron chi connectivity index (χ0n) is 17.0. The number of aryl methyl sites for hydroxylation is 1. The molecule has 7 heteroatoms.